The van der Waals surface area contributed by atoms with Gasteiger partial charge in [-0.25, -0.2) is 10.4 Å². The van der Waals surface area contributed by atoms with E-state index in [9.17, 15) is 15.0 Å². The summed E-state index contributed by atoms with van der Waals surface area (Å²) in [7, 11) is 0. The summed E-state index contributed by atoms with van der Waals surface area (Å²) in [6.45, 7) is 3.57. The average Bonchev–Trinajstić information content (AvgIpc) is 2.80. The minimum atomic E-state index is -0.365. The van der Waals surface area contributed by atoms with Gasteiger partial charge in [-0.2, -0.15) is 5.10 Å². The quantitative estimate of drug-likeness (QED) is 0.495. The first-order valence-electron chi connectivity index (χ1n) is 5.98. The second-order valence-electron chi connectivity index (χ2n) is 4.31. The first kappa shape index (κ1) is 16.9. The fourth-order valence-corrected chi connectivity index (χ4v) is 3.63. The lowest BCUT2D eigenvalue weighted by molar-refractivity contribution is 0.0958. The van der Waals surface area contributed by atoms with Gasteiger partial charge in [-0.15, -0.1) is 11.3 Å². The molecule has 6 nitrogen and oxygen atoms in total. The molecule has 0 fully saturated rings. The molecule has 3 N–H and O–H groups in total. The number of rotatable bonds is 3. The number of aryl methyl sites for hydroxylation is 2. The minimum Gasteiger partial charge on any atom is -0.506 e. The van der Waals surface area contributed by atoms with Crippen LogP contribution < -0.4 is 5.43 Å². The Bertz CT molecular complexity index is 774. The fraction of sp³-hybridized carbons (Fsp3) is 0.154. The molecule has 22 heavy (non-hydrogen) atoms. The van der Waals surface area contributed by atoms with Crippen molar-refractivity contribution in [1.82, 2.24) is 10.4 Å². The third-order valence-electron chi connectivity index (χ3n) is 2.68. The lowest BCUT2D eigenvalue weighted by atomic mass is 10.2. The number of hydrogen-bond donors (Lipinski definition) is 3. The van der Waals surface area contributed by atoms with Gasteiger partial charge in [0.2, 0.25) is 0 Å². The Morgan fingerprint density at radius 3 is 2.64 bits per heavy atom. The maximum Gasteiger partial charge on any atom is 0.283 e. The summed E-state index contributed by atoms with van der Waals surface area (Å²) < 4.78 is 0.530. The van der Waals surface area contributed by atoms with E-state index >= 15 is 0 Å². The molecule has 1 amide bonds. The predicted octanol–water partition coefficient (Wildman–Crippen LogP) is 3.46. The third kappa shape index (κ3) is 3.47. The van der Waals surface area contributed by atoms with E-state index in [1.807, 2.05) is 6.92 Å². The maximum absolute atomic E-state index is 12.0. The van der Waals surface area contributed by atoms with E-state index in [1.165, 1.54) is 23.6 Å². The van der Waals surface area contributed by atoms with Crippen LogP contribution in [0.25, 0.3) is 0 Å². The van der Waals surface area contributed by atoms with Crippen molar-refractivity contribution in [3.05, 3.63) is 36.2 Å². The largest absolute Gasteiger partial charge is 0.506 e. The van der Waals surface area contributed by atoms with Gasteiger partial charge in [0, 0.05) is 5.56 Å². The number of phenols is 2. The number of amides is 1. The van der Waals surface area contributed by atoms with Crippen molar-refractivity contribution in [2.75, 3.05) is 0 Å². The Hall–Kier alpha value is -1.45. The molecule has 1 aromatic carbocycles. The number of nitrogens with one attached hydrogen (secondary N) is 1. The molecule has 0 aliphatic carbocycles. The Kier molecular flexibility index (Phi) is 5.20. The van der Waals surface area contributed by atoms with Gasteiger partial charge in [-0.1, -0.05) is 0 Å². The average molecular weight is 449 g/mol. The molecule has 0 unspecified atom stereocenters. The molecule has 1 aromatic heterocycles. The first-order valence-corrected chi connectivity index (χ1v) is 8.39. The highest BCUT2D eigenvalue weighted by Crippen LogP contribution is 2.40. The monoisotopic (exact) mass is 447 g/mol. The van der Waals surface area contributed by atoms with Gasteiger partial charge in [0.25, 0.3) is 5.91 Å². The van der Waals surface area contributed by atoms with Gasteiger partial charge in [0.1, 0.15) is 20.8 Å². The smallest absolute Gasteiger partial charge is 0.283 e. The molecule has 0 aliphatic rings. The lowest BCUT2D eigenvalue weighted by Crippen LogP contribution is -2.17. The zero-order valence-electron chi connectivity index (χ0n) is 11.5. The number of carbonyl (C=O) groups excluding carboxylic acids is 1. The number of benzene rings is 1. The van der Waals surface area contributed by atoms with Crippen LogP contribution in [0.3, 0.4) is 0 Å². The summed E-state index contributed by atoms with van der Waals surface area (Å²) in [6.07, 6.45) is 1.28. The van der Waals surface area contributed by atoms with Crippen LogP contribution in [-0.2, 0) is 0 Å². The van der Waals surface area contributed by atoms with Crippen molar-refractivity contribution in [3.63, 3.8) is 0 Å². The van der Waals surface area contributed by atoms with E-state index in [4.69, 9.17) is 0 Å². The first-order chi connectivity index (χ1) is 10.3. The summed E-state index contributed by atoms with van der Waals surface area (Å²) in [5.74, 6) is -0.659. The number of halogens is 2. The molecule has 0 spiro atoms. The molecule has 0 saturated carbocycles. The minimum absolute atomic E-state index is 0.116. The molecule has 2 rings (SSSR count). The van der Waals surface area contributed by atoms with Crippen LogP contribution >= 0.6 is 43.2 Å². The van der Waals surface area contributed by atoms with Gasteiger partial charge in [0.15, 0.2) is 0 Å². The molecule has 0 atom stereocenters. The lowest BCUT2D eigenvalue weighted by Gasteiger charge is -2.06. The standard InChI is InChI=1S/C13H11Br2N3O3S/c1-5-12(22-6(2)17-5)13(21)18-16-4-7-3-8(14)11(20)9(15)10(7)19/h3-4,19-20H,1-2H3,(H,18,21)/b16-4+. The number of carbonyl (C=O) groups is 1. The summed E-state index contributed by atoms with van der Waals surface area (Å²) in [5.41, 5.74) is 3.35. The van der Waals surface area contributed by atoms with Crippen LogP contribution in [0.1, 0.15) is 25.9 Å². The van der Waals surface area contributed by atoms with E-state index < -0.39 is 0 Å². The third-order valence-corrected chi connectivity index (χ3v) is 5.10. The zero-order chi connectivity index (χ0) is 16.4. The van der Waals surface area contributed by atoms with E-state index in [0.29, 0.717) is 20.6 Å². The summed E-state index contributed by atoms with van der Waals surface area (Å²) >= 11 is 7.50. The number of hydrogen-bond acceptors (Lipinski definition) is 6. The fourth-order valence-electron chi connectivity index (χ4n) is 1.67. The maximum atomic E-state index is 12.0. The van der Waals surface area contributed by atoms with Crippen LogP contribution in [0, 0.1) is 13.8 Å². The number of aromatic hydroxyl groups is 2. The topological polar surface area (TPSA) is 94.8 Å². The number of thiazole rings is 1. The molecular weight excluding hydrogens is 438 g/mol. The molecule has 0 bridgehead atoms. The normalized spacial score (nSPS) is 11.1. The Morgan fingerprint density at radius 2 is 2.05 bits per heavy atom. The second kappa shape index (κ2) is 6.76. The molecule has 0 saturated heterocycles. The molecule has 0 aliphatic heterocycles. The van der Waals surface area contributed by atoms with E-state index in [2.05, 4.69) is 47.4 Å². The van der Waals surface area contributed by atoms with Crippen molar-refractivity contribution < 1.29 is 15.0 Å². The highest BCUT2D eigenvalue weighted by atomic mass is 79.9. The van der Waals surface area contributed by atoms with E-state index in [0.717, 1.165) is 5.01 Å². The highest BCUT2D eigenvalue weighted by molar-refractivity contribution is 9.11. The van der Waals surface area contributed by atoms with Gasteiger partial charge in [-0.05, 0) is 51.8 Å². The van der Waals surface area contributed by atoms with Crippen molar-refractivity contribution in [3.8, 4) is 11.5 Å². The van der Waals surface area contributed by atoms with Crippen molar-refractivity contribution >= 4 is 55.3 Å². The van der Waals surface area contributed by atoms with Gasteiger partial charge >= 0.3 is 0 Å². The summed E-state index contributed by atoms with van der Waals surface area (Å²) in [5, 5.41) is 24.1. The number of aromatic nitrogens is 1. The van der Waals surface area contributed by atoms with Gasteiger partial charge in [-0.3, -0.25) is 4.79 Å². The number of hydrazone groups is 1. The number of phenolic OH excluding ortho intramolecular Hbond substituents is 2. The Labute approximate surface area is 147 Å². The van der Waals surface area contributed by atoms with Crippen molar-refractivity contribution in [1.29, 1.82) is 0 Å². The molecule has 1 heterocycles. The molecule has 2 aromatic rings. The SMILES string of the molecule is Cc1nc(C)c(C(=O)N/N=C/c2cc(Br)c(O)c(Br)c2O)s1. The van der Waals surface area contributed by atoms with Crippen LogP contribution in [0.15, 0.2) is 20.1 Å². The van der Waals surface area contributed by atoms with Crippen LogP contribution in [0.5, 0.6) is 11.5 Å². The van der Waals surface area contributed by atoms with E-state index in [-0.39, 0.29) is 21.9 Å². The second-order valence-corrected chi connectivity index (χ2v) is 7.16. The van der Waals surface area contributed by atoms with Gasteiger partial charge < -0.3 is 10.2 Å². The molecule has 0 radical (unpaired) electrons. The van der Waals surface area contributed by atoms with Gasteiger partial charge in [0.05, 0.1) is 21.4 Å². The number of nitrogens with zero attached hydrogens (tertiary/aromatic N) is 2. The van der Waals surface area contributed by atoms with Crippen molar-refractivity contribution in [2.24, 2.45) is 5.10 Å². The molecule has 116 valence electrons. The Balaban J connectivity index is 2.17. The predicted molar refractivity (Wildman–Crippen MR) is 91.8 cm³/mol. The summed E-state index contributed by atoms with van der Waals surface area (Å²) in [6, 6.07) is 1.48. The summed E-state index contributed by atoms with van der Waals surface area (Å²) in [4.78, 5) is 16.6. The Morgan fingerprint density at radius 1 is 1.36 bits per heavy atom. The van der Waals surface area contributed by atoms with E-state index in [1.54, 1.807) is 6.92 Å². The molecule has 9 heteroatoms. The van der Waals surface area contributed by atoms with Crippen LogP contribution in [0.4, 0.5) is 0 Å². The van der Waals surface area contributed by atoms with Crippen molar-refractivity contribution in [2.45, 2.75) is 13.8 Å². The zero-order valence-corrected chi connectivity index (χ0v) is 15.5. The van der Waals surface area contributed by atoms with Crippen LogP contribution in [-0.4, -0.2) is 27.3 Å². The van der Waals surface area contributed by atoms with Crippen LogP contribution in [0.2, 0.25) is 0 Å². The highest BCUT2D eigenvalue weighted by Gasteiger charge is 2.14. The molecular formula is C13H11Br2N3O3S.